The van der Waals surface area contributed by atoms with Crippen molar-refractivity contribution in [2.24, 2.45) is 5.92 Å². The fourth-order valence-corrected chi connectivity index (χ4v) is 1.48. The topological polar surface area (TPSA) is 49.3 Å². The molecule has 1 amide bonds. The molecule has 1 unspecified atom stereocenters. The minimum Gasteiger partial charge on any atom is -0.394 e. The highest BCUT2D eigenvalue weighted by molar-refractivity contribution is 5.76. The van der Waals surface area contributed by atoms with E-state index in [1.54, 1.807) is 6.92 Å². The van der Waals surface area contributed by atoms with Gasteiger partial charge in [0.25, 0.3) is 0 Å². The third-order valence-electron chi connectivity index (χ3n) is 2.24. The zero-order valence-corrected chi connectivity index (χ0v) is 7.99. The number of carbonyl (C=O) groups is 1. The summed E-state index contributed by atoms with van der Waals surface area (Å²) >= 11 is 0. The predicted octanol–water partition coefficient (Wildman–Crippen LogP) is 0.840. The summed E-state index contributed by atoms with van der Waals surface area (Å²) in [5.41, 5.74) is 0. The van der Waals surface area contributed by atoms with Crippen LogP contribution in [0.2, 0.25) is 0 Å². The molecule has 74 valence electrons. The Balaban J connectivity index is 2.20. The number of hydrogen-bond acceptors (Lipinski definition) is 2. The third kappa shape index (κ3) is 3.59. The average Bonchev–Trinajstić information content (AvgIpc) is 2.56. The van der Waals surface area contributed by atoms with Crippen LogP contribution in [-0.2, 0) is 4.79 Å². The van der Waals surface area contributed by atoms with Gasteiger partial charge in [-0.2, -0.15) is 0 Å². The summed E-state index contributed by atoms with van der Waals surface area (Å²) in [6, 6.07) is -0.127. The number of amides is 1. The van der Waals surface area contributed by atoms with Crippen molar-refractivity contribution in [3.8, 4) is 0 Å². The van der Waals surface area contributed by atoms with E-state index in [2.05, 4.69) is 17.5 Å². The Morgan fingerprint density at radius 3 is 3.08 bits per heavy atom. The van der Waals surface area contributed by atoms with Gasteiger partial charge < -0.3 is 10.4 Å². The normalized spacial score (nSPS) is 23.1. The van der Waals surface area contributed by atoms with Crippen molar-refractivity contribution >= 4 is 5.91 Å². The first kappa shape index (κ1) is 10.3. The van der Waals surface area contributed by atoms with Gasteiger partial charge in [0.05, 0.1) is 6.61 Å². The molecule has 0 saturated carbocycles. The molecule has 3 nitrogen and oxygen atoms in total. The fourth-order valence-electron chi connectivity index (χ4n) is 1.48. The quantitative estimate of drug-likeness (QED) is 0.634. The summed E-state index contributed by atoms with van der Waals surface area (Å²) in [5, 5.41) is 11.4. The van der Waals surface area contributed by atoms with Crippen LogP contribution >= 0.6 is 0 Å². The van der Waals surface area contributed by atoms with Gasteiger partial charge in [-0.25, -0.2) is 0 Å². The first-order valence-electron chi connectivity index (χ1n) is 4.79. The molecule has 0 radical (unpaired) electrons. The van der Waals surface area contributed by atoms with E-state index in [1.807, 2.05) is 0 Å². The number of nitrogens with one attached hydrogen (secondary N) is 1. The molecule has 0 saturated heterocycles. The van der Waals surface area contributed by atoms with Crippen LogP contribution in [0.1, 0.15) is 26.2 Å². The van der Waals surface area contributed by atoms with E-state index in [4.69, 9.17) is 5.11 Å². The van der Waals surface area contributed by atoms with E-state index < -0.39 is 0 Å². The molecule has 0 aromatic carbocycles. The lowest BCUT2D eigenvalue weighted by atomic mass is 10.0. The van der Waals surface area contributed by atoms with E-state index in [0.717, 1.165) is 12.8 Å². The third-order valence-corrected chi connectivity index (χ3v) is 2.24. The van der Waals surface area contributed by atoms with Gasteiger partial charge in [-0.1, -0.05) is 12.2 Å². The Bertz CT molecular complexity index is 201. The number of carbonyl (C=O) groups excluding carboxylic acids is 1. The second-order valence-corrected chi connectivity index (χ2v) is 3.62. The molecule has 0 aliphatic heterocycles. The van der Waals surface area contributed by atoms with Crippen LogP contribution in [0.3, 0.4) is 0 Å². The average molecular weight is 183 g/mol. The summed E-state index contributed by atoms with van der Waals surface area (Å²) in [5.74, 6) is 0.448. The highest BCUT2D eigenvalue weighted by Gasteiger charge is 2.14. The summed E-state index contributed by atoms with van der Waals surface area (Å²) in [4.78, 5) is 11.3. The second kappa shape index (κ2) is 5.02. The molecule has 1 aliphatic rings. The smallest absolute Gasteiger partial charge is 0.220 e. The number of allylic oxidation sites excluding steroid dienone is 2. The van der Waals surface area contributed by atoms with E-state index >= 15 is 0 Å². The molecule has 3 heteroatoms. The van der Waals surface area contributed by atoms with Crippen LogP contribution in [0.5, 0.6) is 0 Å². The van der Waals surface area contributed by atoms with Crippen LogP contribution in [0.4, 0.5) is 0 Å². The van der Waals surface area contributed by atoms with E-state index in [0.29, 0.717) is 12.3 Å². The highest BCUT2D eigenvalue weighted by atomic mass is 16.3. The van der Waals surface area contributed by atoms with Gasteiger partial charge >= 0.3 is 0 Å². The molecule has 0 aromatic heterocycles. The van der Waals surface area contributed by atoms with Gasteiger partial charge in [0.15, 0.2) is 0 Å². The van der Waals surface area contributed by atoms with Crippen LogP contribution in [0.25, 0.3) is 0 Å². The van der Waals surface area contributed by atoms with Crippen molar-refractivity contribution in [2.45, 2.75) is 32.2 Å². The second-order valence-electron chi connectivity index (χ2n) is 3.62. The highest BCUT2D eigenvalue weighted by Crippen LogP contribution is 2.19. The number of hydrogen-bond donors (Lipinski definition) is 2. The van der Waals surface area contributed by atoms with Crippen molar-refractivity contribution in [1.82, 2.24) is 5.32 Å². The van der Waals surface area contributed by atoms with Gasteiger partial charge in [0.1, 0.15) is 0 Å². The van der Waals surface area contributed by atoms with Crippen molar-refractivity contribution in [2.75, 3.05) is 6.61 Å². The van der Waals surface area contributed by atoms with Crippen LogP contribution in [0.15, 0.2) is 12.2 Å². The lowest BCUT2D eigenvalue weighted by Gasteiger charge is -2.12. The lowest BCUT2D eigenvalue weighted by molar-refractivity contribution is -0.122. The molecule has 0 fully saturated rings. The zero-order chi connectivity index (χ0) is 9.68. The number of rotatable bonds is 4. The van der Waals surface area contributed by atoms with E-state index in [-0.39, 0.29) is 18.6 Å². The number of aliphatic hydroxyl groups is 1. The minimum atomic E-state index is -0.127. The minimum absolute atomic E-state index is 0.00620. The maximum atomic E-state index is 11.3. The molecule has 0 spiro atoms. The molecular formula is C10H17NO2. The molecular weight excluding hydrogens is 166 g/mol. The Kier molecular flexibility index (Phi) is 3.96. The van der Waals surface area contributed by atoms with Gasteiger partial charge in [0, 0.05) is 12.5 Å². The molecule has 1 aliphatic carbocycles. The van der Waals surface area contributed by atoms with Crippen molar-refractivity contribution in [3.05, 3.63) is 12.2 Å². The zero-order valence-electron chi connectivity index (χ0n) is 7.99. The summed E-state index contributed by atoms with van der Waals surface area (Å²) in [6.07, 6.45) is 6.95. The van der Waals surface area contributed by atoms with Gasteiger partial charge in [-0.3, -0.25) is 4.79 Å². The Hall–Kier alpha value is -0.830. The van der Waals surface area contributed by atoms with Gasteiger partial charge in [0.2, 0.25) is 5.91 Å². The Labute approximate surface area is 78.8 Å². The molecule has 13 heavy (non-hydrogen) atoms. The summed E-state index contributed by atoms with van der Waals surface area (Å²) < 4.78 is 0. The van der Waals surface area contributed by atoms with Crippen molar-refractivity contribution in [3.63, 3.8) is 0 Å². The van der Waals surface area contributed by atoms with Gasteiger partial charge in [-0.15, -0.1) is 0 Å². The van der Waals surface area contributed by atoms with Crippen molar-refractivity contribution in [1.29, 1.82) is 0 Å². The van der Waals surface area contributed by atoms with E-state index in [9.17, 15) is 4.79 Å². The Morgan fingerprint density at radius 1 is 1.77 bits per heavy atom. The van der Waals surface area contributed by atoms with E-state index in [1.165, 1.54) is 0 Å². The molecule has 1 rings (SSSR count). The summed E-state index contributed by atoms with van der Waals surface area (Å²) in [6.45, 7) is 1.80. The lowest BCUT2D eigenvalue weighted by Crippen LogP contribution is -2.35. The molecule has 0 heterocycles. The van der Waals surface area contributed by atoms with Crippen LogP contribution in [0, 0.1) is 5.92 Å². The van der Waals surface area contributed by atoms with Crippen LogP contribution in [-0.4, -0.2) is 23.7 Å². The van der Waals surface area contributed by atoms with Crippen LogP contribution < -0.4 is 5.32 Å². The maximum Gasteiger partial charge on any atom is 0.220 e. The predicted molar refractivity (Wildman–Crippen MR) is 51.2 cm³/mol. The SMILES string of the molecule is C[C@H](CO)NC(=O)CC1C=CCC1. The van der Waals surface area contributed by atoms with Gasteiger partial charge in [-0.05, 0) is 25.7 Å². The fraction of sp³-hybridized carbons (Fsp3) is 0.700. The molecule has 2 N–H and O–H groups in total. The summed E-state index contributed by atoms with van der Waals surface area (Å²) in [7, 11) is 0. The monoisotopic (exact) mass is 183 g/mol. The molecule has 2 atom stereocenters. The molecule has 0 aromatic rings. The number of aliphatic hydroxyl groups excluding tert-OH is 1. The molecule has 0 bridgehead atoms. The van der Waals surface area contributed by atoms with Crippen molar-refractivity contribution < 1.29 is 9.90 Å². The Morgan fingerprint density at radius 2 is 2.54 bits per heavy atom. The first-order chi connectivity index (χ1) is 6.22. The standard InChI is InChI=1S/C10H17NO2/c1-8(7-12)11-10(13)6-9-4-2-3-5-9/h2,4,8-9,12H,3,5-7H2,1H3,(H,11,13)/t8-,9?/m1/s1. The first-order valence-corrected chi connectivity index (χ1v) is 4.79. The largest absolute Gasteiger partial charge is 0.394 e. The maximum absolute atomic E-state index is 11.3.